The molecule has 7 heteroatoms. The largest absolute Gasteiger partial charge is 0.324 e. The monoisotopic (exact) mass is 287 g/mol. The number of hydrogen-bond donors (Lipinski definition) is 2. The normalized spacial score (nSPS) is 12.2. The first kappa shape index (κ1) is 14.9. The number of nitrogens with one attached hydrogen (secondary N) is 1. The van der Waals surface area contributed by atoms with Gasteiger partial charge in [-0.05, 0) is 32.0 Å². The summed E-state index contributed by atoms with van der Waals surface area (Å²) in [6.45, 7) is 3.52. The van der Waals surface area contributed by atoms with Crippen molar-refractivity contribution in [3.8, 4) is 6.07 Å². The van der Waals surface area contributed by atoms with Gasteiger partial charge >= 0.3 is 0 Å². The Balaban J connectivity index is 3.00. The van der Waals surface area contributed by atoms with E-state index in [0.29, 0.717) is 0 Å². The maximum absolute atomic E-state index is 11.9. The molecule has 18 heavy (non-hydrogen) atoms. The van der Waals surface area contributed by atoms with Crippen molar-refractivity contribution in [1.29, 1.82) is 5.26 Å². The zero-order chi connectivity index (χ0) is 14.0. The first-order valence-electron chi connectivity index (χ1n) is 5.14. The number of rotatable bonds is 4. The van der Waals surface area contributed by atoms with Gasteiger partial charge in [0, 0.05) is 12.1 Å². The third kappa shape index (κ3) is 3.96. The van der Waals surface area contributed by atoms with Crippen LogP contribution in [-0.4, -0.2) is 20.5 Å². The molecular weight excluding hydrogens is 274 g/mol. The molecule has 3 N–H and O–H groups in total. The van der Waals surface area contributed by atoms with Crippen molar-refractivity contribution in [2.45, 2.75) is 24.3 Å². The number of sulfonamides is 1. The molecule has 0 spiro atoms. The summed E-state index contributed by atoms with van der Waals surface area (Å²) in [4.78, 5) is 0.00995. The van der Waals surface area contributed by atoms with Gasteiger partial charge in [-0.2, -0.15) is 5.26 Å². The number of hydrogen-bond acceptors (Lipinski definition) is 4. The first-order chi connectivity index (χ1) is 8.15. The van der Waals surface area contributed by atoms with Gasteiger partial charge in [-0.15, -0.1) is 0 Å². The molecule has 0 aliphatic heterocycles. The van der Waals surface area contributed by atoms with Crippen molar-refractivity contribution in [2.75, 3.05) is 6.54 Å². The number of nitrogens with two attached hydrogens (primary N) is 1. The number of halogens is 1. The van der Waals surface area contributed by atoms with Crippen molar-refractivity contribution < 1.29 is 8.42 Å². The highest BCUT2D eigenvalue weighted by molar-refractivity contribution is 7.89. The van der Waals surface area contributed by atoms with Crippen LogP contribution in [0.25, 0.3) is 0 Å². The Morgan fingerprint density at radius 1 is 1.50 bits per heavy atom. The summed E-state index contributed by atoms with van der Waals surface area (Å²) in [6.07, 6.45) is 0. The van der Waals surface area contributed by atoms with Gasteiger partial charge in [0.1, 0.15) is 6.07 Å². The summed E-state index contributed by atoms with van der Waals surface area (Å²) in [6, 6.07) is 5.80. The molecule has 5 nitrogen and oxygen atoms in total. The average Bonchev–Trinajstić information content (AvgIpc) is 2.25. The highest BCUT2D eigenvalue weighted by Crippen LogP contribution is 2.20. The van der Waals surface area contributed by atoms with Gasteiger partial charge in [-0.1, -0.05) is 11.6 Å². The Kier molecular flexibility index (Phi) is 4.35. The zero-order valence-corrected chi connectivity index (χ0v) is 11.6. The molecule has 0 aliphatic carbocycles. The summed E-state index contributed by atoms with van der Waals surface area (Å²) in [7, 11) is -3.66. The van der Waals surface area contributed by atoms with Crippen molar-refractivity contribution in [3.63, 3.8) is 0 Å². The van der Waals surface area contributed by atoms with Crippen LogP contribution in [0.3, 0.4) is 0 Å². The lowest BCUT2D eigenvalue weighted by Crippen LogP contribution is -2.45. The second-order valence-electron chi connectivity index (χ2n) is 4.57. The predicted octanol–water partition coefficient (Wildman–Crippen LogP) is 1.23. The van der Waals surface area contributed by atoms with Crippen LogP contribution >= 0.6 is 11.6 Å². The Bertz CT molecular complexity index is 585. The van der Waals surface area contributed by atoms with Crippen LogP contribution in [0.15, 0.2) is 23.1 Å². The molecule has 1 aromatic carbocycles. The molecule has 0 unspecified atom stereocenters. The molecule has 0 saturated heterocycles. The van der Waals surface area contributed by atoms with Crippen molar-refractivity contribution in [1.82, 2.24) is 4.72 Å². The highest BCUT2D eigenvalue weighted by atomic mass is 35.5. The van der Waals surface area contributed by atoms with Crippen molar-refractivity contribution in [2.24, 2.45) is 5.73 Å². The third-order valence-corrected chi connectivity index (χ3v) is 3.80. The van der Waals surface area contributed by atoms with Crippen LogP contribution in [0.1, 0.15) is 19.4 Å². The highest BCUT2D eigenvalue weighted by Gasteiger charge is 2.19. The Morgan fingerprint density at radius 3 is 2.56 bits per heavy atom. The quantitative estimate of drug-likeness (QED) is 0.870. The molecule has 0 amide bonds. The topological polar surface area (TPSA) is 96.0 Å². The SMILES string of the molecule is CC(C)(N)CNS(=O)(=O)c1ccc(C#N)c(Cl)c1. The first-order valence-corrected chi connectivity index (χ1v) is 7.00. The Labute approximate surface area is 112 Å². The van der Waals surface area contributed by atoms with Gasteiger partial charge in [0.05, 0.1) is 15.5 Å². The molecule has 0 saturated carbocycles. The number of nitrogens with zero attached hydrogens (tertiary/aromatic N) is 1. The second-order valence-corrected chi connectivity index (χ2v) is 6.74. The van der Waals surface area contributed by atoms with Crippen LogP contribution < -0.4 is 10.5 Å². The molecular formula is C11H14ClN3O2S. The van der Waals surface area contributed by atoms with E-state index in [9.17, 15) is 8.42 Å². The van der Waals surface area contributed by atoms with E-state index < -0.39 is 15.6 Å². The molecule has 1 aromatic rings. The molecule has 98 valence electrons. The standard InChI is InChI=1S/C11H14ClN3O2S/c1-11(2,14)7-15-18(16,17)9-4-3-8(6-13)10(12)5-9/h3-5,15H,7,14H2,1-2H3. The summed E-state index contributed by atoms with van der Waals surface area (Å²) in [5.41, 5.74) is 5.28. The van der Waals surface area contributed by atoms with Crippen LogP contribution in [0.4, 0.5) is 0 Å². The smallest absolute Gasteiger partial charge is 0.240 e. The molecule has 1 rings (SSSR count). The van der Waals surface area contributed by atoms with Gasteiger partial charge < -0.3 is 5.73 Å². The van der Waals surface area contributed by atoms with Crippen LogP contribution in [-0.2, 0) is 10.0 Å². The van der Waals surface area contributed by atoms with E-state index in [1.807, 2.05) is 6.07 Å². The van der Waals surface area contributed by atoms with Crippen LogP contribution in [0.5, 0.6) is 0 Å². The zero-order valence-electron chi connectivity index (χ0n) is 10.1. The number of benzene rings is 1. The van der Waals surface area contributed by atoms with E-state index in [1.54, 1.807) is 13.8 Å². The Hall–Kier alpha value is -1.13. The maximum Gasteiger partial charge on any atom is 0.240 e. The second kappa shape index (κ2) is 5.24. The van der Waals surface area contributed by atoms with E-state index in [-0.39, 0.29) is 22.0 Å². The van der Waals surface area contributed by atoms with Gasteiger partial charge in [-0.25, -0.2) is 13.1 Å². The molecule has 0 aromatic heterocycles. The predicted molar refractivity (Wildman–Crippen MR) is 69.6 cm³/mol. The van der Waals surface area contributed by atoms with Gasteiger partial charge in [0.2, 0.25) is 10.0 Å². The summed E-state index contributed by atoms with van der Waals surface area (Å²) in [5.74, 6) is 0. The third-order valence-electron chi connectivity index (χ3n) is 2.09. The minimum absolute atomic E-state index is 0.00995. The lowest BCUT2D eigenvalue weighted by molar-refractivity contribution is 0.498. The van der Waals surface area contributed by atoms with Crippen molar-refractivity contribution >= 4 is 21.6 Å². The minimum atomic E-state index is -3.66. The van der Waals surface area contributed by atoms with E-state index >= 15 is 0 Å². The molecule has 0 atom stereocenters. The molecule has 0 heterocycles. The fourth-order valence-corrected chi connectivity index (χ4v) is 2.65. The van der Waals surface area contributed by atoms with Gasteiger partial charge in [0.15, 0.2) is 0 Å². The summed E-state index contributed by atoms with van der Waals surface area (Å²) >= 11 is 5.79. The van der Waals surface area contributed by atoms with Crippen LogP contribution in [0.2, 0.25) is 5.02 Å². The molecule has 0 bridgehead atoms. The summed E-state index contributed by atoms with van der Waals surface area (Å²) < 4.78 is 26.2. The Morgan fingerprint density at radius 2 is 2.11 bits per heavy atom. The molecule has 0 radical (unpaired) electrons. The number of nitriles is 1. The fourth-order valence-electron chi connectivity index (χ4n) is 1.12. The lowest BCUT2D eigenvalue weighted by Gasteiger charge is -2.19. The van der Waals surface area contributed by atoms with E-state index in [2.05, 4.69) is 4.72 Å². The fraction of sp³-hybridized carbons (Fsp3) is 0.364. The van der Waals surface area contributed by atoms with E-state index in [4.69, 9.17) is 22.6 Å². The van der Waals surface area contributed by atoms with Crippen LogP contribution in [0, 0.1) is 11.3 Å². The minimum Gasteiger partial charge on any atom is -0.324 e. The summed E-state index contributed by atoms with van der Waals surface area (Å²) in [5, 5.41) is 8.81. The van der Waals surface area contributed by atoms with Crippen molar-refractivity contribution in [3.05, 3.63) is 28.8 Å². The van der Waals surface area contributed by atoms with Gasteiger partial charge in [0.25, 0.3) is 0 Å². The molecule has 0 aliphatic rings. The van der Waals surface area contributed by atoms with E-state index in [0.717, 1.165) is 0 Å². The van der Waals surface area contributed by atoms with Gasteiger partial charge in [-0.3, -0.25) is 0 Å². The average molecular weight is 288 g/mol. The maximum atomic E-state index is 11.9. The lowest BCUT2D eigenvalue weighted by atomic mass is 10.1. The van der Waals surface area contributed by atoms with E-state index in [1.165, 1.54) is 18.2 Å². The molecule has 0 fully saturated rings.